The maximum atomic E-state index is 12.2. The van der Waals surface area contributed by atoms with E-state index >= 15 is 0 Å². The Morgan fingerprint density at radius 2 is 1.78 bits per heavy atom. The molecule has 0 aliphatic heterocycles. The van der Waals surface area contributed by atoms with Crippen LogP contribution in [0, 0.1) is 0 Å². The minimum atomic E-state index is -0.538. The van der Waals surface area contributed by atoms with E-state index in [0.717, 1.165) is 10.5 Å². The summed E-state index contributed by atoms with van der Waals surface area (Å²) >= 11 is 1.58. The first-order chi connectivity index (χ1) is 13.0. The lowest BCUT2D eigenvalue weighted by molar-refractivity contribution is -0.124. The van der Waals surface area contributed by atoms with Crippen LogP contribution in [-0.4, -0.2) is 39.0 Å². The Kier molecular flexibility index (Phi) is 7.55. The van der Waals surface area contributed by atoms with E-state index in [1.54, 1.807) is 56.3 Å². The number of thioether (sulfide) groups is 1. The molecule has 0 heterocycles. The number of ether oxygens (including phenoxy) is 3. The molecule has 0 aliphatic carbocycles. The van der Waals surface area contributed by atoms with Crippen molar-refractivity contribution < 1.29 is 23.8 Å². The number of hydrogen-bond donors (Lipinski definition) is 1. The fourth-order valence-corrected chi connectivity index (χ4v) is 2.89. The number of hydrogen-bond acceptors (Lipinski definition) is 6. The first-order valence-corrected chi connectivity index (χ1v) is 9.53. The highest BCUT2D eigenvalue weighted by molar-refractivity contribution is 7.98. The highest BCUT2D eigenvalue weighted by atomic mass is 32.2. The van der Waals surface area contributed by atoms with Gasteiger partial charge >= 0.3 is 5.97 Å². The average Bonchev–Trinajstić information content (AvgIpc) is 2.71. The number of carbonyl (C=O) groups excluding carboxylic acids is 2. The highest BCUT2D eigenvalue weighted by Gasteiger charge is 2.17. The van der Waals surface area contributed by atoms with E-state index in [1.165, 1.54) is 0 Å². The molecule has 0 unspecified atom stereocenters. The van der Waals surface area contributed by atoms with Gasteiger partial charge in [-0.05, 0) is 55.6 Å². The van der Waals surface area contributed by atoms with Gasteiger partial charge in [-0.3, -0.25) is 4.79 Å². The lowest BCUT2D eigenvalue weighted by Gasteiger charge is -2.18. The minimum absolute atomic E-state index is 0.345. The standard InChI is InChI=1S/C20H23NO5S/c1-13(17-11-15(24-2)7-10-18(17)25-3)21-19(22)12-26-20(23)14-5-8-16(27-4)9-6-14/h5-11,13H,12H2,1-4H3,(H,21,22)/t13-/m1/s1. The van der Waals surface area contributed by atoms with E-state index in [0.29, 0.717) is 17.1 Å². The minimum Gasteiger partial charge on any atom is -0.497 e. The monoisotopic (exact) mass is 389 g/mol. The third-order valence-electron chi connectivity index (χ3n) is 3.94. The topological polar surface area (TPSA) is 73.9 Å². The Morgan fingerprint density at radius 3 is 2.37 bits per heavy atom. The Bertz CT molecular complexity index is 791. The van der Waals surface area contributed by atoms with Gasteiger partial charge < -0.3 is 19.5 Å². The molecule has 1 atom stereocenters. The lowest BCUT2D eigenvalue weighted by Crippen LogP contribution is -2.31. The van der Waals surface area contributed by atoms with Gasteiger partial charge in [0.25, 0.3) is 5.91 Å². The second kappa shape index (κ2) is 9.87. The van der Waals surface area contributed by atoms with E-state index in [2.05, 4.69) is 5.32 Å². The largest absolute Gasteiger partial charge is 0.497 e. The van der Waals surface area contributed by atoms with Crippen LogP contribution < -0.4 is 14.8 Å². The Labute approximate surface area is 163 Å². The fourth-order valence-electron chi connectivity index (χ4n) is 2.48. The van der Waals surface area contributed by atoms with Crippen molar-refractivity contribution in [2.45, 2.75) is 17.9 Å². The van der Waals surface area contributed by atoms with Crippen LogP contribution in [-0.2, 0) is 9.53 Å². The van der Waals surface area contributed by atoms with E-state index in [-0.39, 0.29) is 12.6 Å². The molecule has 0 saturated heterocycles. The third-order valence-corrected chi connectivity index (χ3v) is 4.68. The van der Waals surface area contributed by atoms with Crippen LogP contribution in [0.4, 0.5) is 0 Å². The van der Waals surface area contributed by atoms with Gasteiger partial charge in [0, 0.05) is 10.5 Å². The van der Waals surface area contributed by atoms with Gasteiger partial charge in [0.1, 0.15) is 11.5 Å². The summed E-state index contributed by atoms with van der Waals surface area (Å²) in [5, 5.41) is 2.79. The summed E-state index contributed by atoms with van der Waals surface area (Å²) in [6.45, 7) is 1.46. The summed E-state index contributed by atoms with van der Waals surface area (Å²) in [6.07, 6.45) is 1.95. The summed E-state index contributed by atoms with van der Waals surface area (Å²) in [5.41, 5.74) is 1.17. The maximum absolute atomic E-state index is 12.2. The first-order valence-electron chi connectivity index (χ1n) is 8.31. The molecule has 1 N–H and O–H groups in total. The Balaban J connectivity index is 1.93. The maximum Gasteiger partial charge on any atom is 0.338 e. The van der Waals surface area contributed by atoms with Crippen LogP contribution in [0.1, 0.15) is 28.9 Å². The molecule has 7 heteroatoms. The van der Waals surface area contributed by atoms with Crippen molar-refractivity contribution in [2.75, 3.05) is 27.1 Å². The highest BCUT2D eigenvalue weighted by Crippen LogP contribution is 2.29. The van der Waals surface area contributed by atoms with Crippen LogP contribution in [0.25, 0.3) is 0 Å². The molecule has 144 valence electrons. The van der Waals surface area contributed by atoms with E-state index in [4.69, 9.17) is 14.2 Å². The molecular weight excluding hydrogens is 366 g/mol. The van der Waals surface area contributed by atoms with Crippen molar-refractivity contribution in [3.05, 3.63) is 53.6 Å². The van der Waals surface area contributed by atoms with Crippen molar-refractivity contribution in [1.29, 1.82) is 0 Å². The van der Waals surface area contributed by atoms with Gasteiger partial charge in [0.15, 0.2) is 6.61 Å². The van der Waals surface area contributed by atoms with Crippen LogP contribution >= 0.6 is 11.8 Å². The van der Waals surface area contributed by atoms with Crippen LogP contribution in [0.3, 0.4) is 0 Å². The molecule has 1 amide bonds. The summed E-state index contributed by atoms with van der Waals surface area (Å²) < 4.78 is 15.6. The van der Waals surface area contributed by atoms with Crippen molar-refractivity contribution >= 4 is 23.6 Å². The Hall–Kier alpha value is -2.67. The number of rotatable bonds is 8. The Morgan fingerprint density at radius 1 is 1.07 bits per heavy atom. The molecular formula is C20H23NO5S. The van der Waals surface area contributed by atoms with Crippen molar-refractivity contribution in [1.82, 2.24) is 5.32 Å². The molecule has 0 spiro atoms. The lowest BCUT2D eigenvalue weighted by atomic mass is 10.1. The molecule has 6 nitrogen and oxygen atoms in total. The van der Waals surface area contributed by atoms with E-state index < -0.39 is 11.9 Å². The summed E-state index contributed by atoms with van der Waals surface area (Å²) in [4.78, 5) is 25.2. The van der Waals surface area contributed by atoms with Gasteiger partial charge in [-0.1, -0.05) is 0 Å². The second-order valence-electron chi connectivity index (χ2n) is 5.70. The normalized spacial score (nSPS) is 11.4. The predicted molar refractivity (Wildman–Crippen MR) is 105 cm³/mol. The molecule has 27 heavy (non-hydrogen) atoms. The average molecular weight is 389 g/mol. The van der Waals surface area contributed by atoms with Crippen LogP contribution in [0.5, 0.6) is 11.5 Å². The summed E-state index contributed by atoms with van der Waals surface area (Å²) in [6, 6.07) is 12.0. The molecule has 0 aromatic heterocycles. The van der Waals surface area contributed by atoms with Crippen molar-refractivity contribution in [3.63, 3.8) is 0 Å². The van der Waals surface area contributed by atoms with Crippen molar-refractivity contribution in [2.24, 2.45) is 0 Å². The number of esters is 1. The van der Waals surface area contributed by atoms with Gasteiger partial charge in [-0.15, -0.1) is 11.8 Å². The fraction of sp³-hybridized carbons (Fsp3) is 0.300. The summed E-state index contributed by atoms with van der Waals surface area (Å²) in [5.74, 6) is 0.354. The van der Waals surface area contributed by atoms with E-state index in [1.807, 2.05) is 25.3 Å². The van der Waals surface area contributed by atoms with E-state index in [9.17, 15) is 9.59 Å². The quantitative estimate of drug-likeness (QED) is 0.551. The molecule has 0 fully saturated rings. The molecule has 0 radical (unpaired) electrons. The number of methoxy groups -OCH3 is 2. The SMILES string of the molecule is COc1ccc(OC)c([C@@H](C)NC(=O)COC(=O)c2ccc(SC)cc2)c1. The van der Waals surface area contributed by atoms with Gasteiger partial charge in [-0.25, -0.2) is 4.79 Å². The zero-order valence-corrected chi connectivity index (χ0v) is 16.6. The predicted octanol–water partition coefficient (Wildman–Crippen LogP) is 3.46. The first kappa shape index (κ1) is 20.6. The zero-order valence-electron chi connectivity index (χ0n) is 15.8. The number of carbonyl (C=O) groups is 2. The molecule has 0 aliphatic rings. The smallest absolute Gasteiger partial charge is 0.338 e. The van der Waals surface area contributed by atoms with Crippen molar-refractivity contribution in [3.8, 4) is 11.5 Å². The van der Waals surface area contributed by atoms with Gasteiger partial charge in [-0.2, -0.15) is 0 Å². The number of nitrogens with one attached hydrogen (secondary N) is 1. The number of benzene rings is 2. The van der Waals surface area contributed by atoms with Crippen LogP contribution in [0.15, 0.2) is 47.4 Å². The molecule has 2 aromatic rings. The van der Waals surface area contributed by atoms with Gasteiger partial charge in [0.2, 0.25) is 0 Å². The molecule has 0 bridgehead atoms. The zero-order chi connectivity index (χ0) is 19.8. The molecule has 2 rings (SSSR count). The third kappa shape index (κ3) is 5.65. The van der Waals surface area contributed by atoms with Gasteiger partial charge in [0.05, 0.1) is 25.8 Å². The molecule has 2 aromatic carbocycles. The van der Waals surface area contributed by atoms with Crippen LogP contribution in [0.2, 0.25) is 0 Å². The summed E-state index contributed by atoms with van der Waals surface area (Å²) in [7, 11) is 3.13. The number of amides is 1. The second-order valence-corrected chi connectivity index (χ2v) is 6.58. The molecule has 0 saturated carbocycles.